The van der Waals surface area contributed by atoms with Crippen LogP contribution in [0.15, 0.2) is 24.3 Å². The van der Waals surface area contributed by atoms with Gasteiger partial charge in [0.2, 0.25) is 0 Å². The van der Waals surface area contributed by atoms with Gasteiger partial charge in [-0.25, -0.2) is 0 Å². The first-order valence-electron chi connectivity index (χ1n) is 4.73. The third-order valence-corrected chi connectivity index (χ3v) is 2.15. The van der Waals surface area contributed by atoms with E-state index in [1.165, 1.54) is 0 Å². The van der Waals surface area contributed by atoms with Crippen LogP contribution in [0.5, 0.6) is 5.75 Å². The molecule has 0 aliphatic rings. The molecule has 0 amide bonds. The summed E-state index contributed by atoms with van der Waals surface area (Å²) in [4.78, 5) is 0. The topological polar surface area (TPSA) is 55.5 Å². The number of rotatable bonds is 4. The first kappa shape index (κ1) is 11.0. The molecule has 3 N–H and O–H groups in total. The van der Waals surface area contributed by atoms with E-state index >= 15 is 0 Å². The summed E-state index contributed by atoms with van der Waals surface area (Å²) in [6, 6.07) is 7.47. The maximum Gasteiger partial charge on any atom is 0.119 e. The van der Waals surface area contributed by atoms with E-state index in [2.05, 4.69) is 0 Å². The molecule has 3 nitrogen and oxygen atoms in total. The van der Waals surface area contributed by atoms with Crippen LogP contribution in [0.1, 0.15) is 19.4 Å². The highest BCUT2D eigenvalue weighted by atomic mass is 16.5. The Morgan fingerprint density at radius 3 is 2.36 bits per heavy atom. The van der Waals surface area contributed by atoms with Gasteiger partial charge in [0.05, 0.1) is 18.8 Å². The van der Waals surface area contributed by atoms with E-state index in [-0.39, 0.29) is 6.61 Å². The van der Waals surface area contributed by atoms with Crippen LogP contribution in [0.25, 0.3) is 0 Å². The molecule has 0 radical (unpaired) electrons. The minimum absolute atomic E-state index is 0.0685. The van der Waals surface area contributed by atoms with Crippen LogP contribution in [0.3, 0.4) is 0 Å². The molecule has 78 valence electrons. The Morgan fingerprint density at radius 1 is 1.36 bits per heavy atom. The molecule has 0 saturated heterocycles. The molecule has 0 aliphatic heterocycles. The van der Waals surface area contributed by atoms with Gasteiger partial charge in [-0.1, -0.05) is 12.1 Å². The van der Waals surface area contributed by atoms with Crippen LogP contribution in [-0.2, 0) is 5.54 Å². The Kier molecular flexibility index (Phi) is 3.49. The Bertz CT molecular complexity index is 280. The third-order valence-electron chi connectivity index (χ3n) is 2.15. The van der Waals surface area contributed by atoms with E-state index < -0.39 is 5.54 Å². The quantitative estimate of drug-likeness (QED) is 0.760. The van der Waals surface area contributed by atoms with Gasteiger partial charge in [0.1, 0.15) is 5.75 Å². The normalized spacial score (nSPS) is 14.9. The summed E-state index contributed by atoms with van der Waals surface area (Å²) in [5, 5.41) is 9.06. The van der Waals surface area contributed by atoms with Gasteiger partial charge < -0.3 is 15.6 Å². The molecule has 0 heterocycles. The van der Waals surface area contributed by atoms with Gasteiger partial charge in [-0.3, -0.25) is 0 Å². The maximum atomic E-state index is 9.06. The summed E-state index contributed by atoms with van der Waals surface area (Å²) in [6.45, 7) is 4.32. The average Bonchev–Trinajstić information content (AvgIpc) is 2.19. The molecule has 0 spiro atoms. The lowest BCUT2D eigenvalue weighted by atomic mass is 9.94. The highest BCUT2D eigenvalue weighted by molar-refractivity contribution is 5.31. The largest absolute Gasteiger partial charge is 0.494 e. The summed E-state index contributed by atoms with van der Waals surface area (Å²) < 4.78 is 5.30. The summed E-state index contributed by atoms with van der Waals surface area (Å²) in [5.41, 5.74) is 6.10. The molecule has 0 bridgehead atoms. The van der Waals surface area contributed by atoms with E-state index in [1.54, 1.807) is 6.92 Å². The molecular formula is C11H17NO2. The number of ether oxygens (including phenoxy) is 1. The van der Waals surface area contributed by atoms with Crippen LogP contribution < -0.4 is 10.5 Å². The standard InChI is InChI=1S/C11H17NO2/c1-3-14-10-6-4-9(5-7-10)11(2,12)8-13/h4-7,13H,3,8,12H2,1-2H3. The van der Waals surface area contributed by atoms with Crippen molar-refractivity contribution in [3.05, 3.63) is 29.8 Å². The Morgan fingerprint density at radius 2 is 1.93 bits per heavy atom. The monoisotopic (exact) mass is 195 g/mol. The van der Waals surface area contributed by atoms with Crippen molar-refractivity contribution < 1.29 is 9.84 Å². The van der Waals surface area contributed by atoms with Crippen molar-refractivity contribution in [2.45, 2.75) is 19.4 Å². The van der Waals surface area contributed by atoms with E-state index in [1.807, 2.05) is 31.2 Å². The number of nitrogens with two attached hydrogens (primary N) is 1. The lowest BCUT2D eigenvalue weighted by Gasteiger charge is -2.22. The predicted octanol–water partition coefficient (Wildman–Crippen LogP) is 1.25. The second-order valence-corrected chi connectivity index (χ2v) is 3.53. The molecule has 1 aromatic carbocycles. The smallest absolute Gasteiger partial charge is 0.119 e. The molecule has 0 saturated carbocycles. The first-order chi connectivity index (χ1) is 6.60. The van der Waals surface area contributed by atoms with Crippen molar-refractivity contribution in [3.63, 3.8) is 0 Å². The van der Waals surface area contributed by atoms with E-state index in [9.17, 15) is 0 Å². The highest BCUT2D eigenvalue weighted by Gasteiger charge is 2.19. The fraction of sp³-hybridized carbons (Fsp3) is 0.455. The SMILES string of the molecule is CCOc1ccc(C(C)(N)CO)cc1. The predicted molar refractivity (Wildman–Crippen MR) is 56.2 cm³/mol. The van der Waals surface area contributed by atoms with E-state index in [0.717, 1.165) is 11.3 Å². The summed E-state index contributed by atoms with van der Waals surface area (Å²) >= 11 is 0. The van der Waals surface area contributed by atoms with E-state index in [0.29, 0.717) is 6.61 Å². The molecule has 0 aromatic heterocycles. The van der Waals surface area contributed by atoms with Crippen molar-refractivity contribution in [1.82, 2.24) is 0 Å². The first-order valence-corrected chi connectivity index (χ1v) is 4.73. The molecule has 1 aromatic rings. The fourth-order valence-corrected chi connectivity index (χ4v) is 1.19. The van der Waals surface area contributed by atoms with Crippen molar-refractivity contribution in [2.75, 3.05) is 13.2 Å². The minimum atomic E-state index is -0.676. The molecule has 1 unspecified atom stereocenters. The maximum absolute atomic E-state index is 9.06. The number of hydrogen-bond acceptors (Lipinski definition) is 3. The Labute approximate surface area is 84.5 Å². The van der Waals surface area contributed by atoms with Crippen LogP contribution in [0.4, 0.5) is 0 Å². The zero-order valence-electron chi connectivity index (χ0n) is 8.66. The van der Waals surface area contributed by atoms with Gasteiger partial charge in [-0.2, -0.15) is 0 Å². The van der Waals surface area contributed by atoms with Gasteiger partial charge in [0.15, 0.2) is 0 Å². The van der Waals surface area contributed by atoms with Gasteiger partial charge in [0.25, 0.3) is 0 Å². The zero-order chi connectivity index (χ0) is 10.6. The van der Waals surface area contributed by atoms with Crippen molar-refractivity contribution >= 4 is 0 Å². The average molecular weight is 195 g/mol. The number of benzene rings is 1. The summed E-state index contributed by atoms with van der Waals surface area (Å²) in [5.74, 6) is 0.824. The summed E-state index contributed by atoms with van der Waals surface area (Å²) in [7, 11) is 0. The third kappa shape index (κ3) is 2.47. The Balaban J connectivity index is 2.82. The lowest BCUT2D eigenvalue weighted by Crippen LogP contribution is -2.36. The molecule has 1 rings (SSSR count). The van der Waals surface area contributed by atoms with Gasteiger partial charge in [-0.05, 0) is 31.5 Å². The molecule has 0 fully saturated rings. The second-order valence-electron chi connectivity index (χ2n) is 3.53. The van der Waals surface area contributed by atoms with Gasteiger partial charge >= 0.3 is 0 Å². The fourth-order valence-electron chi connectivity index (χ4n) is 1.19. The number of aliphatic hydroxyl groups excluding tert-OH is 1. The lowest BCUT2D eigenvalue weighted by molar-refractivity contribution is 0.210. The van der Waals surface area contributed by atoms with Crippen molar-refractivity contribution in [3.8, 4) is 5.75 Å². The van der Waals surface area contributed by atoms with Crippen molar-refractivity contribution in [1.29, 1.82) is 0 Å². The zero-order valence-corrected chi connectivity index (χ0v) is 8.66. The second kappa shape index (κ2) is 4.44. The van der Waals surface area contributed by atoms with Gasteiger partial charge in [-0.15, -0.1) is 0 Å². The van der Waals surface area contributed by atoms with Crippen LogP contribution in [0.2, 0.25) is 0 Å². The van der Waals surface area contributed by atoms with Crippen LogP contribution >= 0.6 is 0 Å². The number of aliphatic hydroxyl groups is 1. The molecule has 1 atom stereocenters. The molecule has 3 heteroatoms. The highest BCUT2D eigenvalue weighted by Crippen LogP contribution is 2.20. The van der Waals surface area contributed by atoms with E-state index in [4.69, 9.17) is 15.6 Å². The minimum Gasteiger partial charge on any atom is -0.494 e. The van der Waals surface area contributed by atoms with Crippen LogP contribution in [0, 0.1) is 0 Å². The molecule has 14 heavy (non-hydrogen) atoms. The Hall–Kier alpha value is -1.06. The summed E-state index contributed by atoms with van der Waals surface area (Å²) in [6.07, 6.45) is 0. The van der Waals surface area contributed by atoms with Crippen molar-refractivity contribution in [2.24, 2.45) is 5.73 Å². The molecular weight excluding hydrogens is 178 g/mol. The van der Waals surface area contributed by atoms with Crippen LogP contribution in [-0.4, -0.2) is 18.3 Å². The molecule has 0 aliphatic carbocycles. The number of hydrogen-bond donors (Lipinski definition) is 2. The van der Waals surface area contributed by atoms with Gasteiger partial charge in [0, 0.05) is 0 Å².